The Labute approximate surface area is 114 Å². The Kier molecular flexibility index (Phi) is 5.60. The first-order chi connectivity index (χ1) is 8.87. The molecule has 1 heterocycles. The predicted molar refractivity (Wildman–Crippen MR) is 76.1 cm³/mol. The van der Waals surface area contributed by atoms with Gasteiger partial charge < -0.3 is 15.4 Å². The lowest BCUT2D eigenvalue weighted by Gasteiger charge is -2.21. The average Bonchev–Trinajstić information content (AvgIpc) is 2.33. The van der Waals surface area contributed by atoms with Gasteiger partial charge in [0.15, 0.2) is 0 Å². The minimum atomic E-state index is -0.459. The van der Waals surface area contributed by atoms with E-state index in [4.69, 9.17) is 4.74 Å². The van der Waals surface area contributed by atoms with Crippen LogP contribution in [0.2, 0.25) is 0 Å². The van der Waals surface area contributed by atoms with Crippen LogP contribution in [0, 0.1) is 5.92 Å². The SMILES string of the molecule is CC(CNC(=O)OC(C)(C)C)CNc1ccccn1. The number of aromatic nitrogens is 1. The monoisotopic (exact) mass is 265 g/mol. The Hall–Kier alpha value is -1.78. The van der Waals surface area contributed by atoms with Crippen LogP contribution in [0.3, 0.4) is 0 Å². The van der Waals surface area contributed by atoms with Gasteiger partial charge in [-0.05, 0) is 38.8 Å². The quantitative estimate of drug-likeness (QED) is 0.859. The number of nitrogens with zero attached hydrogens (tertiary/aromatic N) is 1. The molecule has 5 nitrogen and oxygen atoms in total. The molecule has 0 bridgehead atoms. The summed E-state index contributed by atoms with van der Waals surface area (Å²) < 4.78 is 5.17. The van der Waals surface area contributed by atoms with Gasteiger partial charge >= 0.3 is 6.09 Å². The van der Waals surface area contributed by atoms with Gasteiger partial charge in [0.1, 0.15) is 11.4 Å². The third kappa shape index (κ3) is 7.28. The molecule has 5 heteroatoms. The van der Waals surface area contributed by atoms with Gasteiger partial charge in [-0.15, -0.1) is 0 Å². The summed E-state index contributed by atoms with van der Waals surface area (Å²) >= 11 is 0. The molecule has 0 aliphatic carbocycles. The molecule has 0 spiro atoms. The predicted octanol–water partition coefficient (Wildman–Crippen LogP) is 2.65. The third-order valence-corrected chi connectivity index (χ3v) is 2.29. The van der Waals surface area contributed by atoms with E-state index in [1.807, 2.05) is 45.9 Å². The molecule has 0 aliphatic heterocycles. The summed E-state index contributed by atoms with van der Waals surface area (Å²) in [5, 5.41) is 5.97. The van der Waals surface area contributed by atoms with Crippen LogP contribution in [0.4, 0.5) is 10.6 Å². The van der Waals surface area contributed by atoms with E-state index in [0.29, 0.717) is 6.54 Å². The van der Waals surface area contributed by atoms with Crippen molar-refractivity contribution in [2.45, 2.75) is 33.3 Å². The summed E-state index contributed by atoms with van der Waals surface area (Å²) in [7, 11) is 0. The summed E-state index contributed by atoms with van der Waals surface area (Å²) in [5.41, 5.74) is -0.459. The van der Waals surface area contributed by atoms with Crippen molar-refractivity contribution in [1.29, 1.82) is 0 Å². The topological polar surface area (TPSA) is 63.2 Å². The Balaban J connectivity index is 2.21. The van der Waals surface area contributed by atoms with E-state index in [1.54, 1.807) is 6.20 Å². The molecule has 0 aromatic carbocycles. The molecule has 19 heavy (non-hydrogen) atoms. The van der Waals surface area contributed by atoms with E-state index in [1.165, 1.54) is 0 Å². The number of pyridine rings is 1. The zero-order valence-electron chi connectivity index (χ0n) is 12.1. The van der Waals surface area contributed by atoms with Crippen LogP contribution in [0.5, 0.6) is 0 Å². The Morgan fingerprint density at radius 3 is 2.68 bits per heavy atom. The number of carbonyl (C=O) groups is 1. The van der Waals surface area contributed by atoms with E-state index in [-0.39, 0.29) is 12.0 Å². The number of alkyl carbamates (subject to hydrolysis) is 1. The second-order valence-corrected chi connectivity index (χ2v) is 5.58. The van der Waals surface area contributed by atoms with E-state index in [2.05, 4.69) is 15.6 Å². The molecule has 0 aliphatic rings. The molecular formula is C14H23N3O2. The number of hydrogen-bond donors (Lipinski definition) is 2. The third-order valence-electron chi connectivity index (χ3n) is 2.29. The van der Waals surface area contributed by atoms with Crippen LogP contribution in [0.1, 0.15) is 27.7 Å². The van der Waals surface area contributed by atoms with Crippen molar-refractivity contribution in [3.8, 4) is 0 Å². The molecular weight excluding hydrogens is 242 g/mol. The van der Waals surface area contributed by atoms with Crippen LogP contribution in [-0.4, -0.2) is 29.8 Å². The van der Waals surface area contributed by atoms with Crippen LogP contribution in [0.25, 0.3) is 0 Å². The normalized spacial score (nSPS) is 12.6. The molecule has 0 saturated carbocycles. The zero-order chi connectivity index (χ0) is 14.3. The number of rotatable bonds is 5. The standard InChI is InChI=1S/C14H23N3O2/c1-11(9-16-12-7-5-6-8-15-12)10-17-13(18)19-14(2,3)4/h5-8,11H,9-10H2,1-4H3,(H,15,16)(H,17,18). The molecule has 1 aromatic rings. The van der Waals surface area contributed by atoms with Gasteiger partial charge in [-0.1, -0.05) is 13.0 Å². The molecule has 1 unspecified atom stereocenters. The second kappa shape index (κ2) is 6.97. The van der Waals surface area contributed by atoms with Crippen molar-refractivity contribution < 1.29 is 9.53 Å². The van der Waals surface area contributed by atoms with Crippen molar-refractivity contribution in [3.63, 3.8) is 0 Å². The van der Waals surface area contributed by atoms with Crippen LogP contribution < -0.4 is 10.6 Å². The fraction of sp³-hybridized carbons (Fsp3) is 0.571. The molecule has 1 amide bonds. The van der Waals surface area contributed by atoms with Gasteiger partial charge in [0, 0.05) is 19.3 Å². The van der Waals surface area contributed by atoms with Gasteiger partial charge in [0.05, 0.1) is 0 Å². The number of nitrogens with one attached hydrogen (secondary N) is 2. The number of amides is 1. The highest BCUT2D eigenvalue weighted by Gasteiger charge is 2.16. The number of carbonyl (C=O) groups excluding carboxylic acids is 1. The van der Waals surface area contributed by atoms with Crippen molar-refractivity contribution in [1.82, 2.24) is 10.3 Å². The van der Waals surface area contributed by atoms with Crippen molar-refractivity contribution in [2.75, 3.05) is 18.4 Å². The highest BCUT2D eigenvalue weighted by Crippen LogP contribution is 2.07. The molecule has 2 N–H and O–H groups in total. The zero-order valence-corrected chi connectivity index (χ0v) is 12.1. The van der Waals surface area contributed by atoms with Crippen LogP contribution in [-0.2, 0) is 4.74 Å². The Morgan fingerprint density at radius 1 is 1.37 bits per heavy atom. The highest BCUT2D eigenvalue weighted by atomic mass is 16.6. The Morgan fingerprint density at radius 2 is 2.11 bits per heavy atom. The maximum absolute atomic E-state index is 11.5. The van der Waals surface area contributed by atoms with E-state index >= 15 is 0 Å². The highest BCUT2D eigenvalue weighted by molar-refractivity contribution is 5.67. The summed E-state index contributed by atoms with van der Waals surface area (Å²) in [6.07, 6.45) is 1.36. The first-order valence-electron chi connectivity index (χ1n) is 6.48. The van der Waals surface area contributed by atoms with E-state index in [0.717, 1.165) is 12.4 Å². The summed E-state index contributed by atoms with van der Waals surface area (Å²) in [6.45, 7) is 8.89. The summed E-state index contributed by atoms with van der Waals surface area (Å²) in [6, 6.07) is 5.71. The van der Waals surface area contributed by atoms with Gasteiger partial charge in [-0.3, -0.25) is 0 Å². The number of hydrogen-bond acceptors (Lipinski definition) is 4. The van der Waals surface area contributed by atoms with Crippen molar-refractivity contribution in [2.24, 2.45) is 5.92 Å². The Bertz CT molecular complexity index is 387. The van der Waals surface area contributed by atoms with Crippen molar-refractivity contribution in [3.05, 3.63) is 24.4 Å². The van der Waals surface area contributed by atoms with Gasteiger partial charge in [0.25, 0.3) is 0 Å². The molecule has 1 aromatic heterocycles. The molecule has 1 atom stereocenters. The first kappa shape index (κ1) is 15.3. The average molecular weight is 265 g/mol. The minimum absolute atomic E-state index is 0.287. The lowest BCUT2D eigenvalue weighted by molar-refractivity contribution is 0.0521. The lowest BCUT2D eigenvalue weighted by Crippen LogP contribution is -2.36. The van der Waals surface area contributed by atoms with Gasteiger partial charge in [-0.2, -0.15) is 0 Å². The van der Waals surface area contributed by atoms with Gasteiger partial charge in [0.2, 0.25) is 0 Å². The lowest BCUT2D eigenvalue weighted by atomic mass is 10.2. The van der Waals surface area contributed by atoms with Crippen LogP contribution >= 0.6 is 0 Å². The minimum Gasteiger partial charge on any atom is -0.444 e. The molecule has 0 fully saturated rings. The summed E-state index contributed by atoms with van der Waals surface area (Å²) in [5.74, 6) is 1.13. The number of anilines is 1. The van der Waals surface area contributed by atoms with E-state index in [9.17, 15) is 4.79 Å². The molecule has 0 saturated heterocycles. The van der Waals surface area contributed by atoms with Gasteiger partial charge in [-0.25, -0.2) is 9.78 Å². The van der Waals surface area contributed by atoms with Crippen molar-refractivity contribution >= 4 is 11.9 Å². The summed E-state index contributed by atoms with van der Waals surface area (Å²) in [4.78, 5) is 15.6. The maximum atomic E-state index is 11.5. The number of ether oxygens (including phenoxy) is 1. The molecule has 106 valence electrons. The fourth-order valence-corrected chi connectivity index (χ4v) is 1.39. The second-order valence-electron chi connectivity index (χ2n) is 5.58. The first-order valence-corrected chi connectivity index (χ1v) is 6.48. The van der Waals surface area contributed by atoms with E-state index < -0.39 is 5.60 Å². The largest absolute Gasteiger partial charge is 0.444 e. The molecule has 0 radical (unpaired) electrons. The fourth-order valence-electron chi connectivity index (χ4n) is 1.39. The maximum Gasteiger partial charge on any atom is 0.407 e. The smallest absolute Gasteiger partial charge is 0.407 e. The van der Waals surface area contributed by atoms with Crippen LogP contribution in [0.15, 0.2) is 24.4 Å². The molecule has 1 rings (SSSR count).